The third-order valence-electron chi connectivity index (χ3n) is 3.80. The highest BCUT2D eigenvalue weighted by atomic mass is 32.1. The van der Waals surface area contributed by atoms with Crippen molar-refractivity contribution < 1.29 is 9.53 Å². The Kier molecular flexibility index (Phi) is 3.46. The Morgan fingerprint density at radius 2 is 2.00 bits per heavy atom. The maximum atomic E-state index is 11.1. The van der Waals surface area contributed by atoms with E-state index in [9.17, 15) is 4.79 Å². The van der Waals surface area contributed by atoms with E-state index in [2.05, 4.69) is 9.72 Å². The third-order valence-corrected chi connectivity index (χ3v) is 4.82. The number of nitrogens with one attached hydrogen (secondary N) is 1. The van der Waals surface area contributed by atoms with Gasteiger partial charge in [-0.1, -0.05) is 23.5 Å². The molecule has 2 aromatic carbocycles. The van der Waals surface area contributed by atoms with Crippen molar-refractivity contribution in [3.8, 4) is 17.0 Å². The quantitative estimate of drug-likeness (QED) is 0.610. The molecule has 4 rings (SSSR count). The maximum absolute atomic E-state index is 11.1. The molecule has 6 heteroatoms. The molecular formula is C18H15N3O2S. The van der Waals surface area contributed by atoms with E-state index in [1.165, 1.54) is 6.92 Å². The summed E-state index contributed by atoms with van der Waals surface area (Å²) in [5.74, 6) is 0.771. The van der Waals surface area contributed by atoms with Gasteiger partial charge in [0.1, 0.15) is 5.75 Å². The summed E-state index contributed by atoms with van der Waals surface area (Å²) in [6.45, 7) is 1.50. The molecule has 0 aliphatic heterocycles. The van der Waals surface area contributed by atoms with Gasteiger partial charge in [0.2, 0.25) is 5.91 Å². The number of fused-ring (bicyclic) bond motifs is 3. The van der Waals surface area contributed by atoms with Crippen molar-refractivity contribution in [3.05, 3.63) is 48.7 Å². The summed E-state index contributed by atoms with van der Waals surface area (Å²) >= 11 is 1.63. The standard InChI is InChI=1S/C18H15N3O2S/c1-11(22)19-13-5-3-12(4-6-13)15-10-21-16-8-7-14(23-2)9-17(16)24-18(21)20-15/h3-10H,1-2H3,(H,19,22). The van der Waals surface area contributed by atoms with Crippen LogP contribution >= 0.6 is 11.3 Å². The first kappa shape index (κ1) is 14.7. The van der Waals surface area contributed by atoms with Crippen LogP contribution < -0.4 is 10.1 Å². The van der Waals surface area contributed by atoms with E-state index < -0.39 is 0 Å². The van der Waals surface area contributed by atoms with Gasteiger partial charge < -0.3 is 10.1 Å². The molecule has 0 unspecified atom stereocenters. The van der Waals surface area contributed by atoms with Crippen LogP contribution in [0.3, 0.4) is 0 Å². The fraction of sp³-hybridized carbons (Fsp3) is 0.111. The molecule has 0 radical (unpaired) electrons. The summed E-state index contributed by atoms with van der Waals surface area (Å²) < 4.78 is 8.51. The summed E-state index contributed by atoms with van der Waals surface area (Å²) in [6, 6.07) is 13.7. The number of thiazole rings is 1. The van der Waals surface area contributed by atoms with Gasteiger partial charge in [-0.15, -0.1) is 0 Å². The second-order valence-electron chi connectivity index (χ2n) is 5.47. The van der Waals surface area contributed by atoms with Crippen molar-refractivity contribution in [1.82, 2.24) is 9.38 Å². The van der Waals surface area contributed by atoms with E-state index in [4.69, 9.17) is 9.72 Å². The van der Waals surface area contributed by atoms with Crippen LogP contribution in [0.2, 0.25) is 0 Å². The number of hydrogen-bond acceptors (Lipinski definition) is 4. The Balaban J connectivity index is 1.73. The number of imidazole rings is 1. The van der Waals surface area contributed by atoms with Crippen molar-refractivity contribution in [2.75, 3.05) is 12.4 Å². The maximum Gasteiger partial charge on any atom is 0.221 e. The number of carbonyl (C=O) groups excluding carboxylic acids is 1. The monoisotopic (exact) mass is 337 g/mol. The number of hydrogen-bond donors (Lipinski definition) is 1. The lowest BCUT2D eigenvalue weighted by molar-refractivity contribution is -0.114. The summed E-state index contributed by atoms with van der Waals surface area (Å²) in [5.41, 5.74) is 3.82. The van der Waals surface area contributed by atoms with Crippen LogP contribution in [0.4, 0.5) is 5.69 Å². The summed E-state index contributed by atoms with van der Waals surface area (Å²) in [6.07, 6.45) is 2.04. The van der Waals surface area contributed by atoms with Gasteiger partial charge in [-0.25, -0.2) is 4.98 Å². The van der Waals surface area contributed by atoms with E-state index in [-0.39, 0.29) is 5.91 Å². The molecule has 0 saturated carbocycles. The molecule has 2 aromatic heterocycles. The van der Waals surface area contributed by atoms with Gasteiger partial charge in [-0.2, -0.15) is 0 Å². The van der Waals surface area contributed by atoms with E-state index in [0.717, 1.165) is 37.9 Å². The second-order valence-corrected chi connectivity index (χ2v) is 6.48. The number of aromatic nitrogens is 2. The van der Waals surface area contributed by atoms with Crippen molar-refractivity contribution in [2.24, 2.45) is 0 Å². The van der Waals surface area contributed by atoms with Gasteiger partial charge >= 0.3 is 0 Å². The minimum Gasteiger partial charge on any atom is -0.497 e. The number of amides is 1. The van der Waals surface area contributed by atoms with Crippen LogP contribution in [0.15, 0.2) is 48.7 Å². The van der Waals surface area contributed by atoms with E-state index in [1.807, 2.05) is 48.7 Å². The van der Waals surface area contributed by atoms with E-state index in [1.54, 1.807) is 18.4 Å². The van der Waals surface area contributed by atoms with Crippen molar-refractivity contribution >= 4 is 38.1 Å². The summed E-state index contributed by atoms with van der Waals surface area (Å²) in [7, 11) is 1.67. The van der Waals surface area contributed by atoms with Crippen molar-refractivity contribution in [2.45, 2.75) is 6.92 Å². The fourth-order valence-corrected chi connectivity index (χ4v) is 3.71. The van der Waals surface area contributed by atoms with E-state index >= 15 is 0 Å². The Morgan fingerprint density at radius 1 is 1.21 bits per heavy atom. The van der Waals surface area contributed by atoms with Gasteiger partial charge in [0.05, 0.1) is 23.0 Å². The smallest absolute Gasteiger partial charge is 0.221 e. The molecule has 2 heterocycles. The number of ether oxygens (including phenoxy) is 1. The first-order chi connectivity index (χ1) is 11.6. The highest BCUT2D eigenvalue weighted by Crippen LogP contribution is 2.31. The van der Waals surface area contributed by atoms with Gasteiger partial charge in [-0.05, 0) is 30.3 Å². The summed E-state index contributed by atoms with van der Waals surface area (Å²) in [5, 5.41) is 2.77. The topological polar surface area (TPSA) is 55.6 Å². The first-order valence-corrected chi connectivity index (χ1v) is 8.29. The van der Waals surface area contributed by atoms with Gasteiger partial charge in [0.15, 0.2) is 4.96 Å². The average Bonchev–Trinajstić information content (AvgIpc) is 3.12. The first-order valence-electron chi connectivity index (χ1n) is 7.48. The number of anilines is 1. The van der Waals surface area contributed by atoms with Crippen LogP contribution in [0.25, 0.3) is 26.4 Å². The van der Waals surface area contributed by atoms with Crippen LogP contribution in [0.5, 0.6) is 5.75 Å². The highest BCUT2D eigenvalue weighted by molar-refractivity contribution is 7.23. The molecule has 0 atom stereocenters. The van der Waals surface area contributed by atoms with Gasteiger partial charge in [0, 0.05) is 24.4 Å². The third kappa shape index (κ3) is 2.51. The fourth-order valence-electron chi connectivity index (χ4n) is 2.68. The molecule has 24 heavy (non-hydrogen) atoms. The predicted molar refractivity (Wildman–Crippen MR) is 96.9 cm³/mol. The van der Waals surface area contributed by atoms with Gasteiger partial charge in [-0.3, -0.25) is 9.20 Å². The molecule has 0 aliphatic rings. The molecule has 0 aliphatic carbocycles. The Morgan fingerprint density at radius 3 is 2.71 bits per heavy atom. The zero-order chi connectivity index (χ0) is 16.7. The second kappa shape index (κ2) is 5.65. The molecule has 1 amide bonds. The zero-order valence-corrected chi connectivity index (χ0v) is 14.1. The van der Waals surface area contributed by atoms with Crippen LogP contribution in [0.1, 0.15) is 6.92 Å². The van der Waals surface area contributed by atoms with Crippen molar-refractivity contribution in [1.29, 1.82) is 0 Å². The van der Waals surface area contributed by atoms with Crippen LogP contribution in [0, 0.1) is 0 Å². The average molecular weight is 337 g/mol. The van der Waals surface area contributed by atoms with Crippen LogP contribution in [-0.4, -0.2) is 22.4 Å². The minimum absolute atomic E-state index is 0.0767. The number of nitrogens with zero attached hydrogens (tertiary/aromatic N) is 2. The largest absolute Gasteiger partial charge is 0.497 e. The van der Waals surface area contributed by atoms with Crippen molar-refractivity contribution in [3.63, 3.8) is 0 Å². The van der Waals surface area contributed by atoms with Crippen LogP contribution in [-0.2, 0) is 4.79 Å². The number of benzene rings is 2. The summed E-state index contributed by atoms with van der Waals surface area (Å²) in [4.78, 5) is 16.7. The van der Waals surface area contributed by atoms with Gasteiger partial charge in [0.25, 0.3) is 0 Å². The Hall–Kier alpha value is -2.86. The Bertz CT molecular complexity index is 1050. The molecule has 4 aromatic rings. The Labute approximate surface area is 142 Å². The lowest BCUT2D eigenvalue weighted by atomic mass is 10.1. The lowest BCUT2D eigenvalue weighted by Crippen LogP contribution is -2.05. The normalized spacial score (nSPS) is 11.1. The number of methoxy groups -OCH3 is 1. The molecule has 1 N–H and O–H groups in total. The molecule has 0 saturated heterocycles. The van der Waals surface area contributed by atoms with E-state index in [0.29, 0.717) is 0 Å². The SMILES string of the molecule is COc1ccc2c(c1)sc1nc(-c3ccc(NC(C)=O)cc3)cn12. The lowest BCUT2D eigenvalue weighted by Gasteiger charge is -2.02. The zero-order valence-electron chi connectivity index (χ0n) is 13.2. The molecule has 0 bridgehead atoms. The molecular weight excluding hydrogens is 322 g/mol. The highest BCUT2D eigenvalue weighted by Gasteiger charge is 2.11. The molecule has 120 valence electrons. The minimum atomic E-state index is -0.0767. The number of carbonyl (C=O) groups is 1. The molecule has 0 fully saturated rings. The predicted octanol–water partition coefficient (Wildman–Crippen LogP) is 4.18. The molecule has 5 nitrogen and oxygen atoms in total. The number of rotatable bonds is 3. The molecule has 0 spiro atoms.